The highest BCUT2D eigenvalue weighted by molar-refractivity contribution is 5.48. The Hall–Kier alpha value is -1.36. The third-order valence-electron chi connectivity index (χ3n) is 1.32. The Balaban J connectivity index is 3.23. The second kappa shape index (κ2) is 2.49. The summed E-state index contributed by atoms with van der Waals surface area (Å²) in [7, 11) is 0. The molecule has 0 N–H and O–H groups in total. The quantitative estimate of drug-likeness (QED) is 0.495. The van der Waals surface area contributed by atoms with E-state index in [2.05, 4.69) is 9.83 Å². The molecule has 1 aromatic heterocycles. The fraction of sp³-hybridized carbons (Fsp3) is 0.250. The lowest BCUT2D eigenvalue weighted by Gasteiger charge is -1.95. The van der Waals surface area contributed by atoms with Gasteiger partial charge in [0, 0.05) is 11.4 Å². The Bertz CT molecular complexity index is 284. The molecule has 2 heteroatoms. The molecule has 0 unspecified atom stereocenters. The van der Waals surface area contributed by atoms with Crippen LogP contribution in [-0.4, -0.2) is 4.98 Å². The van der Waals surface area contributed by atoms with Gasteiger partial charge in [0.15, 0.2) is 0 Å². The van der Waals surface area contributed by atoms with Gasteiger partial charge in [-0.25, -0.2) is 4.85 Å². The van der Waals surface area contributed by atoms with Crippen molar-refractivity contribution in [2.75, 3.05) is 0 Å². The third-order valence-corrected chi connectivity index (χ3v) is 1.32. The first-order valence-corrected chi connectivity index (χ1v) is 3.06. The molecule has 1 heterocycles. The Kier molecular flexibility index (Phi) is 1.68. The molecule has 2 nitrogen and oxygen atoms in total. The van der Waals surface area contributed by atoms with Gasteiger partial charge in [-0.2, -0.15) is 0 Å². The Morgan fingerprint density at radius 1 is 1.40 bits per heavy atom. The lowest BCUT2D eigenvalue weighted by molar-refractivity contribution is 1.13. The van der Waals surface area contributed by atoms with Crippen molar-refractivity contribution >= 4 is 5.69 Å². The minimum Gasteiger partial charge on any atom is -0.270 e. The molecule has 0 radical (unpaired) electrons. The van der Waals surface area contributed by atoms with Crippen LogP contribution in [0.4, 0.5) is 5.69 Å². The molecule has 0 amide bonds. The van der Waals surface area contributed by atoms with Crippen molar-refractivity contribution in [3.05, 3.63) is 34.9 Å². The molecule has 0 saturated heterocycles. The topological polar surface area (TPSA) is 17.2 Å². The highest BCUT2D eigenvalue weighted by atomic mass is 14.8. The van der Waals surface area contributed by atoms with Gasteiger partial charge in [0.1, 0.15) is 0 Å². The van der Waals surface area contributed by atoms with Gasteiger partial charge < -0.3 is 0 Å². The Morgan fingerprint density at radius 3 is 2.60 bits per heavy atom. The van der Waals surface area contributed by atoms with E-state index in [0.29, 0.717) is 5.69 Å². The van der Waals surface area contributed by atoms with Crippen molar-refractivity contribution in [1.29, 1.82) is 0 Å². The van der Waals surface area contributed by atoms with Gasteiger partial charge >= 0.3 is 0 Å². The van der Waals surface area contributed by atoms with Crippen LogP contribution in [0.15, 0.2) is 12.1 Å². The molecule has 50 valence electrons. The summed E-state index contributed by atoms with van der Waals surface area (Å²) < 4.78 is 0. The van der Waals surface area contributed by atoms with Crippen molar-refractivity contribution in [3.8, 4) is 0 Å². The van der Waals surface area contributed by atoms with Crippen LogP contribution in [0.25, 0.3) is 4.85 Å². The molecule has 0 aliphatic carbocycles. The first kappa shape index (κ1) is 6.76. The van der Waals surface area contributed by atoms with Crippen molar-refractivity contribution in [2.24, 2.45) is 0 Å². The van der Waals surface area contributed by atoms with Crippen LogP contribution >= 0.6 is 0 Å². The Morgan fingerprint density at radius 2 is 2.10 bits per heavy atom. The number of nitrogens with zero attached hydrogens (tertiary/aromatic N) is 2. The van der Waals surface area contributed by atoms with Crippen LogP contribution in [-0.2, 0) is 0 Å². The van der Waals surface area contributed by atoms with Gasteiger partial charge in [0.25, 0.3) is 0 Å². The zero-order valence-electron chi connectivity index (χ0n) is 6.05. The first-order chi connectivity index (χ1) is 4.74. The fourth-order valence-electron chi connectivity index (χ4n) is 0.797. The molecule has 1 aromatic rings. The van der Waals surface area contributed by atoms with Gasteiger partial charge in [-0.1, -0.05) is 12.1 Å². The zero-order chi connectivity index (χ0) is 7.56. The van der Waals surface area contributed by atoms with E-state index in [4.69, 9.17) is 6.57 Å². The number of hydrogen-bond donors (Lipinski definition) is 0. The number of hydrogen-bond acceptors (Lipinski definition) is 1. The van der Waals surface area contributed by atoms with Crippen LogP contribution in [0.5, 0.6) is 0 Å². The average molecular weight is 132 g/mol. The van der Waals surface area contributed by atoms with Crippen molar-refractivity contribution < 1.29 is 0 Å². The van der Waals surface area contributed by atoms with E-state index in [0.717, 1.165) is 11.4 Å². The molecule has 0 aliphatic heterocycles. The van der Waals surface area contributed by atoms with Crippen LogP contribution < -0.4 is 0 Å². The predicted molar refractivity (Wildman–Crippen MR) is 40.0 cm³/mol. The molecule has 0 saturated carbocycles. The summed E-state index contributed by atoms with van der Waals surface area (Å²) in [5, 5.41) is 0. The summed E-state index contributed by atoms with van der Waals surface area (Å²) in [6, 6.07) is 3.64. The molecular weight excluding hydrogens is 124 g/mol. The maximum Gasteiger partial charge on any atom is 0.208 e. The third kappa shape index (κ3) is 1.14. The van der Waals surface area contributed by atoms with Crippen LogP contribution in [0, 0.1) is 20.4 Å². The van der Waals surface area contributed by atoms with Gasteiger partial charge in [-0.05, 0) is 13.8 Å². The minimum atomic E-state index is 0.644. The van der Waals surface area contributed by atoms with E-state index in [9.17, 15) is 0 Å². The van der Waals surface area contributed by atoms with E-state index in [1.165, 1.54) is 0 Å². The van der Waals surface area contributed by atoms with Gasteiger partial charge in [-0.3, -0.25) is 4.98 Å². The molecule has 0 aliphatic rings. The van der Waals surface area contributed by atoms with Gasteiger partial charge in [0.05, 0.1) is 6.57 Å². The summed E-state index contributed by atoms with van der Waals surface area (Å²) in [5.41, 5.74) is 2.42. The van der Waals surface area contributed by atoms with Gasteiger partial charge in [0.2, 0.25) is 5.69 Å². The molecule has 0 bridgehead atoms. The zero-order valence-corrected chi connectivity index (χ0v) is 6.05. The Labute approximate surface area is 60.3 Å². The summed E-state index contributed by atoms with van der Waals surface area (Å²) >= 11 is 0. The summed E-state index contributed by atoms with van der Waals surface area (Å²) in [4.78, 5) is 7.43. The number of aromatic nitrogens is 1. The van der Waals surface area contributed by atoms with E-state index in [1.807, 2.05) is 19.9 Å². The first-order valence-electron chi connectivity index (χ1n) is 3.06. The standard InChI is InChI=1S/C8H8N2/c1-6-4-5-8(9-3)7(2)10-6/h4-5H,1-2H3. The summed E-state index contributed by atoms with van der Waals surface area (Å²) in [5.74, 6) is 0. The molecular formula is C8H8N2. The highest BCUT2D eigenvalue weighted by Crippen LogP contribution is 2.15. The minimum absolute atomic E-state index is 0.644. The number of rotatable bonds is 0. The number of pyridine rings is 1. The maximum absolute atomic E-state index is 6.74. The molecule has 10 heavy (non-hydrogen) atoms. The van der Waals surface area contributed by atoms with E-state index < -0.39 is 0 Å². The maximum atomic E-state index is 6.74. The van der Waals surface area contributed by atoms with E-state index >= 15 is 0 Å². The molecule has 0 atom stereocenters. The van der Waals surface area contributed by atoms with Crippen LogP contribution in [0.1, 0.15) is 11.4 Å². The molecule has 0 aromatic carbocycles. The summed E-state index contributed by atoms with van der Waals surface area (Å²) in [6.45, 7) is 10.5. The lowest BCUT2D eigenvalue weighted by atomic mass is 10.3. The lowest BCUT2D eigenvalue weighted by Crippen LogP contribution is -1.83. The van der Waals surface area contributed by atoms with Gasteiger partial charge in [-0.15, -0.1) is 0 Å². The molecule has 1 rings (SSSR count). The highest BCUT2D eigenvalue weighted by Gasteiger charge is 1.95. The summed E-state index contributed by atoms with van der Waals surface area (Å²) in [6.07, 6.45) is 0. The van der Waals surface area contributed by atoms with Crippen LogP contribution in [0.3, 0.4) is 0 Å². The largest absolute Gasteiger partial charge is 0.270 e. The monoisotopic (exact) mass is 132 g/mol. The normalized spacial score (nSPS) is 8.90. The predicted octanol–water partition coefficient (Wildman–Crippen LogP) is 2.25. The fourth-order valence-corrected chi connectivity index (χ4v) is 0.797. The van der Waals surface area contributed by atoms with Crippen molar-refractivity contribution in [2.45, 2.75) is 13.8 Å². The van der Waals surface area contributed by atoms with Crippen LogP contribution in [0.2, 0.25) is 0 Å². The smallest absolute Gasteiger partial charge is 0.208 e. The molecule has 0 fully saturated rings. The second-order valence-electron chi connectivity index (χ2n) is 2.17. The second-order valence-corrected chi connectivity index (χ2v) is 2.17. The van der Waals surface area contributed by atoms with E-state index in [-0.39, 0.29) is 0 Å². The number of aryl methyl sites for hydroxylation is 2. The van der Waals surface area contributed by atoms with Crippen molar-refractivity contribution in [1.82, 2.24) is 4.98 Å². The van der Waals surface area contributed by atoms with Crippen molar-refractivity contribution in [3.63, 3.8) is 0 Å². The SMILES string of the molecule is [C-]#[N+]c1ccc(C)nc1C. The average Bonchev–Trinajstić information content (AvgIpc) is 1.88. The van der Waals surface area contributed by atoms with E-state index in [1.54, 1.807) is 6.07 Å². The molecule has 0 spiro atoms.